The summed E-state index contributed by atoms with van der Waals surface area (Å²) < 4.78 is 17.9. The molecule has 0 amide bonds. The van der Waals surface area contributed by atoms with E-state index in [1.165, 1.54) is 13.8 Å². The molecule has 1 heterocycles. The van der Waals surface area contributed by atoms with Gasteiger partial charge in [0.05, 0.1) is 6.10 Å². The molecule has 6 heteroatoms. The Hall–Kier alpha value is -2.21. The molecule has 0 aromatic rings. The maximum Gasteiger partial charge on any atom is 0.308 e. The number of ether oxygens (including phenoxy) is 3. The molecule has 5 rings (SSSR count). The minimum absolute atomic E-state index is 0.0182. The van der Waals surface area contributed by atoms with Gasteiger partial charge in [-0.05, 0) is 62.7 Å². The van der Waals surface area contributed by atoms with Gasteiger partial charge in [0.2, 0.25) is 0 Å². The molecule has 0 radical (unpaired) electrons. The molecule has 172 valence electrons. The molecule has 6 nitrogen and oxygen atoms in total. The first kappa shape index (κ1) is 21.6. The van der Waals surface area contributed by atoms with Gasteiger partial charge in [-0.2, -0.15) is 0 Å². The molecule has 2 saturated carbocycles. The van der Waals surface area contributed by atoms with Crippen molar-refractivity contribution in [3.63, 3.8) is 0 Å². The molecule has 0 aromatic carbocycles. The van der Waals surface area contributed by atoms with Crippen LogP contribution in [0, 0.1) is 28.6 Å². The molecule has 1 saturated heterocycles. The Balaban J connectivity index is 1.57. The predicted octanol–water partition coefficient (Wildman–Crippen LogP) is 4.05. The van der Waals surface area contributed by atoms with E-state index in [9.17, 15) is 14.4 Å². The number of carbonyl (C=O) groups is 3. The van der Waals surface area contributed by atoms with Crippen LogP contribution < -0.4 is 0 Å². The Kier molecular flexibility index (Phi) is 4.35. The molecule has 3 fully saturated rings. The zero-order chi connectivity index (χ0) is 23.3. The normalized spacial score (nSPS) is 47.7. The SMILES string of the molecule is CC(=O)OC1=CC2=CC[C@H]3[C@@H]4C[C@H](C)[C@](OC(C)=O)(C(C)=O)[C@@]4(C)C[C@@H]4O[C@@]43[C@@]2(C)C=C1. The van der Waals surface area contributed by atoms with Crippen LogP contribution in [-0.4, -0.2) is 35.0 Å². The van der Waals surface area contributed by atoms with Gasteiger partial charge in [-0.1, -0.05) is 26.0 Å². The Morgan fingerprint density at radius 2 is 1.81 bits per heavy atom. The largest absolute Gasteiger partial charge is 0.450 e. The third kappa shape index (κ3) is 2.37. The lowest BCUT2D eigenvalue weighted by atomic mass is 9.48. The van der Waals surface area contributed by atoms with Crippen molar-refractivity contribution in [2.24, 2.45) is 28.6 Å². The molecule has 1 aliphatic heterocycles. The molecular formula is C26H32O6. The summed E-state index contributed by atoms with van der Waals surface area (Å²) in [5.41, 5.74) is -1.16. The Morgan fingerprint density at radius 1 is 1.09 bits per heavy atom. The second-order valence-electron chi connectivity index (χ2n) is 10.8. The zero-order valence-corrected chi connectivity index (χ0v) is 19.7. The second-order valence-corrected chi connectivity index (χ2v) is 10.8. The number of rotatable bonds is 3. The molecular weight excluding hydrogens is 408 g/mol. The molecule has 0 N–H and O–H groups in total. The Labute approximate surface area is 189 Å². The fraction of sp³-hybridized carbons (Fsp3) is 0.654. The summed E-state index contributed by atoms with van der Waals surface area (Å²) >= 11 is 0. The van der Waals surface area contributed by atoms with Crippen molar-refractivity contribution >= 4 is 17.7 Å². The summed E-state index contributed by atoms with van der Waals surface area (Å²) in [6, 6.07) is 0. The topological polar surface area (TPSA) is 82.2 Å². The van der Waals surface area contributed by atoms with E-state index >= 15 is 0 Å². The van der Waals surface area contributed by atoms with Gasteiger partial charge in [0, 0.05) is 30.6 Å². The van der Waals surface area contributed by atoms with E-state index in [2.05, 4.69) is 26.0 Å². The molecule has 0 unspecified atom stereocenters. The molecule has 1 spiro atoms. The number of epoxide rings is 1. The Morgan fingerprint density at radius 3 is 2.44 bits per heavy atom. The highest BCUT2D eigenvalue weighted by atomic mass is 16.6. The van der Waals surface area contributed by atoms with Crippen molar-refractivity contribution in [2.45, 2.75) is 78.1 Å². The minimum atomic E-state index is -1.11. The number of fused-ring (bicyclic) bond motifs is 3. The molecule has 0 bridgehead atoms. The fourth-order valence-corrected chi connectivity index (χ4v) is 8.21. The summed E-state index contributed by atoms with van der Waals surface area (Å²) in [6.07, 6.45) is 10.5. The van der Waals surface area contributed by atoms with E-state index in [0.29, 0.717) is 12.2 Å². The van der Waals surface area contributed by atoms with Crippen LogP contribution in [0.5, 0.6) is 0 Å². The maximum atomic E-state index is 13.1. The number of carbonyl (C=O) groups excluding carboxylic acids is 3. The number of Topliss-reactive ketones (excluding diaryl/α,β-unsaturated/α-hetero) is 1. The molecule has 5 aliphatic rings. The van der Waals surface area contributed by atoms with Crippen molar-refractivity contribution in [1.82, 2.24) is 0 Å². The third-order valence-electron chi connectivity index (χ3n) is 9.34. The van der Waals surface area contributed by atoms with Gasteiger partial charge in [-0.15, -0.1) is 0 Å². The number of allylic oxidation sites excluding steroid dienone is 3. The molecule has 32 heavy (non-hydrogen) atoms. The van der Waals surface area contributed by atoms with E-state index in [1.54, 1.807) is 6.92 Å². The van der Waals surface area contributed by atoms with E-state index < -0.39 is 17.0 Å². The second kappa shape index (κ2) is 6.43. The minimum Gasteiger partial charge on any atom is -0.450 e. The van der Waals surface area contributed by atoms with Crippen LogP contribution in [0.1, 0.15) is 60.8 Å². The van der Waals surface area contributed by atoms with E-state index in [1.807, 2.05) is 19.1 Å². The monoisotopic (exact) mass is 440 g/mol. The van der Waals surface area contributed by atoms with Crippen molar-refractivity contribution < 1.29 is 28.6 Å². The van der Waals surface area contributed by atoms with Crippen molar-refractivity contribution in [3.8, 4) is 0 Å². The van der Waals surface area contributed by atoms with Crippen molar-refractivity contribution in [2.75, 3.05) is 0 Å². The maximum absolute atomic E-state index is 13.1. The van der Waals surface area contributed by atoms with Gasteiger partial charge in [-0.25, -0.2) is 0 Å². The van der Waals surface area contributed by atoms with Crippen LogP contribution in [0.3, 0.4) is 0 Å². The highest BCUT2D eigenvalue weighted by molar-refractivity contribution is 5.89. The van der Waals surface area contributed by atoms with Crippen LogP contribution in [-0.2, 0) is 28.6 Å². The molecule has 0 aromatic heterocycles. The molecule has 8 atom stereocenters. The van der Waals surface area contributed by atoms with E-state index in [4.69, 9.17) is 14.2 Å². The van der Waals surface area contributed by atoms with Crippen LogP contribution in [0.2, 0.25) is 0 Å². The van der Waals surface area contributed by atoms with Gasteiger partial charge in [-0.3, -0.25) is 14.4 Å². The summed E-state index contributed by atoms with van der Waals surface area (Å²) in [7, 11) is 0. The van der Waals surface area contributed by atoms with Gasteiger partial charge >= 0.3 is 11.9 Å². The number of hydrogen-bond donors (Lipinski definition) is 0. The van der Waals surface area contributed by atoms with Gasteiger partial charge < -0.3 is 14.2 Å². The first-order valence-corrected chi connectivity index (χ1v) is 11.6. The number of ketones is 1. The fourth-order valence-electron chi connectivity index (χ4n) is 8.21. The first-order chi connectivity index (χ1) is 14.9. The average Bonchev–Trinajstić information content (AvgIpc) is 3.35. The van der Waals surface area contributed by atoms with Crippen LogP contribution in [0.25, 0.3) is 0 Å². The lowest BCUT2D eigenvalue weighted by Gasteiger charge is -2.55. The lowest BCUT2D eigenvalue weighted by Crippen LogP contribution is -2.62. The summed E-state index contributed by atoms with van der Waals surface area (Å²) in [5.74, 6) is 0.102. The summed E-state index contributed by atoms with van der Waals surface area (Å²) in [4.78, 5) is 36.6. The lowest BCUT2D eigenvalue weighted by molar-refractivity contribution is -0.189. The smallest absolute Gasteiger partial charge is 0.308 e. The van der Waals surface area contributed by atoms with Crippen LogP contribution >= 0.6 is 0 Å². The van der Waals surface area contributed by atoms with Crippen LogP contribution in [0.15, 0.2) is 35.6 Å². The van der Waals surface area contributed by atoms with Crippen molar-refractivity contribution in [3.05, 3.63) is 35.6 Å². The van der Waals surface area contributed by atoms with Gasteiger partial charge in [0.1, 0.15) is 11.4 Å². The average molecular weight is 441 g/mol. The van der Waals surface area contributed by atoms with Gasteiger partial charge in [0.15, 0.2) is 11.4 Å². The summed E-state index contributed by atoms with van der Waals surface area (Å²) in [6.45, 7) is 10.7. The Bertz CT molecular complexity index is 1020. The highest BCUT2D eigenvalue weighted by Crippen LogP contribution is 2.76. The standard InChI is InChI=1S/C26H32O6/c1-14-11-21-20-8-7-18-12-19(30-16(3)28)9-10-23(18,5)26(20)22(32-26)13-24(21,6)25(14,15(2)27)31-17(4)29/h7,9-10,12,14,20-22H,8,11,13H2,1-6H3/t14-,20-,21-,22-,23-,24-,25-,26+/m0/s1. The zero-order valence-electron chi connectivity index (χ0n) is 19.7. The van der Waals surface area contributed by atoms with Crippen LogP contribution in [0.4, 0.5) is 0 Å². The third-order valence-corrected chi connectivity index (χ3v) is 9.34. The van der Waals surface area contributed by atoms with Crippen molar-refractivity contribution in [1.29, 1.82) is 0 Å². The van der Waals surface area contributed by atoms with E-state index in [0.717, 1.165) is 18.4 Å². The quantitative estimate of drug-likeness (QED) is 0.486. The first-order valence-electron chi connectivity index (χ1n) is 11.6. The number of esters is 2. The number of hydrogen-bond acceptors (Lipinski definition) is 6. The van der Waals surface area contributed by atoms with Gasteiger partial charge in [0.25, 0.3) is 0 Å². The predicted molar refractivity (Wildman–Crippen MR) is 116 cm³/mol. The highest BCUT2D eigenvalue weighted by Gasteiger charge is 2.82. The van der Waals surface area contributed by atoms with E-state index in [-0.39, 0.29) is 46.6 Å². The summed E-state index contributed by atoms with van der Waals surface area (Å²) in [5, 5.41) is 0. The molecule has 4 aliphatic carbocycles.